The average Bonchev–Trinajstić information content (AvgIpc) is 3.50. The summed E-state index contributed by atoms with van der Waals surface area (Å²) < 4.78 is 19.1. The molecule has 0 aliphatic heterocycles. The molecule has 2 heterocycles. The van der Waals surface area contributed by atoms with E-state index < -0.39 is 0 Å². The molecule has 0 atom stereocenters. The minimum atomic E-state index is -0.175. The van der Waals surface area contributed by atoms with E-state index in [4.69, 9.17) is 19.2 Å². The summed E-state index contributed by atoms with van der Waals surface area (Å²) in [5.74, 6) is 1.61. The van der Waals surface area contributed by atoms with Crippen LogP contribution in [0.2, 0.25) is 0 Å². The van der Waals surface area contributed by atoms with Gasteiger partial charge in [-0.15, -0.1) is 0 Å². The number of carbonyl (C=O) groups excluding carboxylic acids is 1. The van der Waals surface area contributed by atoms with Gasteiger partial charge >= 0.3 is 0 Å². The fourth-order valence-electron chi connectivity index (χ4n) is 3.39. The number of fused-ring (bicyclic) bond motifs is 1. The summed E-state index contributed by atoms with van der Waals surface area (Å²) in [5, 5.41) is 0.613. The van der Waals surface area contributed by atoms with Crippen molar-refractivity contribution in [1.82, 2.24) is 14.5 Å². The first-order chi connectivity index (χ1) is 15.6. The summed E-state index contributed by atoms with van der Waals surface area (Å²) in [4.78, 5) is 24.2. The first kappa shape index (κ1) is 21.6. The lowest BCUT2D eigenvalue weighted by molar-refractivity contribution is 0.0985. The molecule has 0 fully saturated rings. The van der Waals surface area contributed by atoms with Gasteiger partial charge in [-0.25, -0.2) is 9.97 Å². The molecule has 0 saturated heterocycles. The van der Waals surface area contributed by atoms with Crippen LogP contribution < -0.4 is 19.1 Å². The number of ether oxygens (including phenoxy) is 3. The number of nitrogens with zero attached hydrogens (tertiary/aromatic N) is 4. The number of hydrogen-bond acceptors (Lipinski definition) is 7. The van der Waals surface area contributed by atoms with Crippen LogP contribution in [0, 0.1) is 0 Å². The van der Waals surface area contributed by atoms with Gasteiger partial charge in [-0.05, 0) is 30.7 Å². The van der Waals surface area contributed by atoms with E-state index >= 15 is 0 Å². The van der Waals surface area contributed by atoms with E-state index in [1.165, 1.54) is 11.3 Å². The van der Waals surface area contributed by atoms with Crippen molar-refractivity contribution in [3.63, 3.8) is 0 Å². The Balaban J connectivity index is 1.69. The van der Waals surface area contributed by atoms with Gasteiger partial charge in [-0.2, -0.15) is 0 Å². The van der Waals surface area contributed by atoms with Crippen molar-refractivity contribution in [2.24, 2.45) is 0 Å². The van der Waals surface area contributed by atoms with Gasteiger partial charge in [0.1, 0.15) is 22.8 Å². The Morgan fingerprint density at radius 1 is 1.09 bits per heavy atom. The van der Waals surface area contributed by atoms with Crippen molar-refractivity contribution >= 4 is 32.6 Å². The maximum Gasteiger partial charge on any atom is 0.260 e. The predicted molar refractivity (Wildman–Crippen MR) is 124 cm³/mol. The monoisotopic (exact) mass is 452 g/mol. The van der Waals surface area contributed by atoms with Crippen LogP contribution in [0.4, 0.5) is 5.13 Å². The lowest BCUT2D eigenvalue weighted by Crippen LogP contribution is -2.32. The third kappa shape index (κ3) is 4.52. The normalized spacial score (nSPS) is 10.8. The Hall–Kier alpha value is -3.59. The molecule has 2 aromatic carbocycles. The van der Waals surface area contributed by atoms with E-state index in [0.717, 1.165) is 23.2 Å². The number of para-hydroxylation sites is 1. The second-order valence-corrected chi connectivity index (χ2v) is 8.02. The Morgan fingerprint density at radius 3 is 2.53 bits per heavy atom. The van der Waals surface area contributed by atoms with Gasteiger partial charge in [0.15, 0.2) is 5.13 Å². The van der Waals surface area contributed by atoms with Crippen molar-refractivity contribution in [3.05, 3.63) is 60.7 Å². The molecule has 1 amide bonds. The lowest BCUT2D eigenvalue weighted by atomic mass is 10.1. The molecular weight excluding hydrogens is 428 g/mol. The topological polar surface area (TPSA) is 78.7 Å². The number of thiazole rings is 1. The Kier molecular flexibility index (Phi) is 6.55. The Morgan fingerprint density at radius 2 is 1.88 bits per heavy atom. The highest BCUT2D eigenvalue weighted by Crippen LogP contribution is 2.35. The molecule has 0 aliphatic rings. The molecule has 2 aromatic heterocycles. The molecule has 8 nitrogen and oxygen atoms in total. The number of amides is 1. The second-order valence-electron chi connectivity index (χ2n) is 7.02. The van der Waals surface area contributed by atoms with E-state index in [9.17, 15) is 4.79 Å². The molecule has 32 heavy (non-hydrogen) atoms. The van der Waals surface area contributed by atoms with Gasteiger partial charge < -0.3 is 18.8 Å². The highest BCUT2D eigenvalue weighted by Gasteiger charge is 2.23. The number of aromatic nitrogens is 3. The van der Waals surface area contributed by atoms with Crippen LogP contribution >= 0.6 is 11.3 Å². The molecule has 0 unspecified atom stereocenters. The quantitative estimate of drug-likeness (QED) is 0.378. The molecule has 4 aromatic rings. The molecule has 9 heteroatoms. The number of anilines is 1. The van der Waals surface area contributed by atoms with Crippen LogP contribution in [0.25, 0.3) is 10.2 Å². The molecule has 0 radical (unpaired) electrons. The minimum Gasteiger partial charge on any atom is -0.497 e. The van der Waals surface area contributed by atoms with Crippen LogP contribution in [0.15, 0.2) is 55.1 Å². The van der Waals surface area contributed by atoms with Gasteiger partial charge in [-0.1, -0.05) is 17.4 Å². The number of rotatable bonds is 9. The number of benzene rings is 2. The third-order valence-electron chi connectivity index (χ3n) is 5.02. The zero-order chi connectivity index (χ0) is 22.5. The largest absolute Gasteiger partial charge is 0.497 e. The predicted octanol–water partition coefficient (Wildman–Crippen LogP) is 4.26. The van der Waals surface area contributed by atoms with Crippen LogP contribution in [0.5, 0.6) is 17.2 Å². The fourth-order valence-corrected chi connectivity index (χ4v) is 4.40. The van der Waals surface area contributed by atoms with Gasteiger partial charge in [0.05, 0.1) is 32.4 Å². The summed E-state index contributed by atoms with van der Waals surface area (Å²) >= 11 is 1.46. The van der Waals surface area contributed by atoms with E-state index in [2.05, 4.69) is 4.98 Å². The fraction of sp³-hybridized carbons (Fsp3) is 0.261. The molecule has 0 aliphatic carbocycles. The zero-order valence-electron chi connectivity index (χ0n) is 18.1. The zero-order valence-corrected chi connectivity index (χ0v) is 19.0. The number of methoxy groups -OCH3 is 3. The maximum absolute atomic E-state index is 13.6. The SMILES string of the molecule is COc1cc(OC)cc(C(=O)N(CCCn2ccnc2)c2nc3c(OC)cccc3s2)c1. The minimum absolute atomic E-state index is 0.175. The Labute approximate surface area is 190 Å². The second kappa shape index (κ2) is 9.69. The van der Waals surface area contributed by atoms with Crippen LogP contribution in [0.3, 0.4) is 0 Å². The van der Waals surface area contributed by atoms with Gasteiger partial charge in [0.2, 0.25) is 0 Å². The van der Waals surface area contributed by atoms with Crippen LogP contribution in [-0.4, -0.2) is 48.3 Å². The summed E-state index contributed by atoms with van der Waals surface area (Å²) in [6.07, 6.45) is 6.14. The molecule has 0 bridgehead atoms. The van der Waals surface area contributed by atoms with Crippen molar-refractivity contribution in [1.29, 1.82) is 0 Å². The standard InChI is InChI=1S/C23H24N4O4S/c1-29-17-12-16(13-18(14-17)30-2)22(28)27(10-5-9-26-11-8-24-15-26)23-25-21-19(31-3)6-4-7-20(21)32-23/h4,6-8,11-15H,5,9-10H2,1-3H3. The lowest BCUT2D eigenvalue weighted by Gasteiger charge is -2.21. The van der Waals surface area contributed by atoms with Crippen molar-refractivity contribution in [3.8, 4) is 17.2 Å². The summed E-state index contributed by atoms with van der Waals surface area (Å²) in [7, 11) is 4.74. The van der Waals surface area contributed by atoms with Crippen LogP contribution in [0.1, 0.15) is 16.8 Å². The third-order valence-corrected chi connectivity index (χ3v) is 6.07. The molecule has 166 valence electrons. The number of imidazole rings is 1. The molecule has 0 N–H and O–H groups in total. The maximum atomic E-state index is 13.6. The number of hydrogen-bond donors (Lipinski definition) is 0. The van der Waals surface area contributed by atoms with Crippen LogP contribution in [-0.2, 0) is 6.54 Å². The summed E-state index contributed by atoms with van der Waals surface area (Å²) in [6, 6.07) is 10.9. The molecule has 0 saturated carbocycles. The van der Waals surface area contributed by atoms with Crippen molar-refractivity contribution in [2.45, 2.75) is 13.0 Å². The summed E-state index contributed by atoms with van der Waals surface area (Å²) in [5.41, 5.74) is 1.21. The average molecular weight is 453 g/mol. The smallest absolute Gasteiger partial charge is 0.260 e. The first-order valence-electron chi connectivity index (χ1n) is 10.1. The van der Waals surface area contributed by atoms with E-state index in [-0.39, 0.29) is 5.91 Å². The molecular formula is C23H24N4O4S. The molecule has 0 spiro atoms. The number of carbonyl (C=O) groups is 1. The highest BCUT2D eigenvalue weighted by molar-refractivity contribution is 7.22. The van der Waals surface area contributed by atoms with Crippen molar-refractivity contribution < 1.29 is 19.0 Å². The number of aryl methyl sites for hydroxylation is 1. The Bertz CT molecular complexity index is 1180. The van der Waals surface area contributed by atoms with Crippen molar-refractivity contribution in [2.75, 3.05) is 32.8 Å². The van der Waals surface area contributed by atoms with E-state index in [1.54, 1.807) is 57.0 Å². The summed E-state index contributed by atoms with van der Waals surface area (Å²) in [6.45, 7) is 1.22. The highest BCUT2D eigenvalue weighted by atomic mass is 32.1. The van der Waals surface area contributed by atoms with E-state index in [1.807, 2.05) is 29.0 Å². The first-order valence-corrected chi connectivity index (χ1v) is 10.9. The molecule has 4 rings (SSSR count). The van der Waals surface area contributed by atoms with Gasteiger partial charge in [0, 0.05) is 37.1 Å². The van der Waals surface area contributed by atoms with Gasteiger partial charge in [0.25, 0.3) is 5.91 Å². The van der Waals surface area contributed by atoms with Gasteiger partial charge in [-0.3, -0.25) is 9.69 Å². The van der Waals surface area contributed by atoms with E-state index in [0.29, 0.717) is 34.5 Å².